The Balaban J connectivity index is 2.84. The highest BCUT2D eigenvalue weighted by Gasteiger charge is 2.12. The molecule has 0 unspecified atom stereocenters. The molecule has 1 aromatic heterocycles. The summed E-state index contributed by atoms with van der Waals surface area (Å²) in [5.74, 6) is -0.569. The molecular formula is C11H8BrClN2O. The molecule has 16 heavy (non-hydrogen) atoms. The highest BCUT2D eigenvalue weighted by Crippen LogP contribution is 2.29. The number of nitrogens with zero attached hydrogens (tertiary/aromatic N) is 1. The van der Waals surface area contributed by atoms with Gasteiger partial charge >= 0.3 is 0 Å². The summed E-state index contributed by atoms with van der Waals surface area (Å²) in [5, 5.41) is 1.09. The maximum absolute atomic E-state index is 11.1. The fourth-order valence-corrected chi connectivity index (χ4v) is 2.09. The largest absolute Gasteiger partial charge is 0.366 e. The van der Waals surface area contributed by atoms with E-state index in [2.05, 4.69) is 20.9 Å². The zero-order valence-electron chi connectivity index (χ0n) is 8.42. The van der Waals surface area contributed by atoms with Crippen molar-refractivity contribution < 1.29 is 4.79 Å². The van der Waals surface area contributed by atoms with Gasteiger partial charge in [0.1, 0.15) is 0 Å². The zero-order valence-corrected chi connectivity index (χ0v) is 10.8. The zero-order chi connectivity index (χ0) is 11.9. The molecule has 0 saturated heterocycles. The summed E-state index contributed by atoms with van der Waals surface area (Å²) < 4.78 is 0.954. The maximum Gasteiger partial charge on any atom is 0.251 e. The third-order valence-electron chi connectivity index (χ3n) is 2.35. The number of carbonyl (C=O) groups is 1. The van der Waals surface area contributed by atoms with E-state index < -0.39 is 5.91 Å². The summed E-state index contributed by atoms with van der Waals surface area (Å²) in [4.78, 5) is 15.3. The number of halogens is 2. The second kappa shape index (κ2) is 4.03. The number of rotatable bonds is 1. The van der Waals surface area contributed by atoms with Crippen LogP contribution in [0.5, 0.6) is 0 Å². The topological polar surface area (TPSA) is 56.0 Å². The van der Waals surface area contributed by atoms with Crippen LogP contribution in [0.3, 0.4) is 0 Å². The van der Waals surface area contributed by atoms with E-state index >= 15 is 0 Å². The highest BCUT2D eigenvalue weighted by atomic mass is 79.9. The van der Waals surface area contributed by atoms with Crippen molar-refractivity contribution in [2.45, 2.75) is 6.92 Å². The maximum atomic E-state index is 11.1. The van der Waals surface area contributed by atoms with Gasteiger partial charge in [-0.2, -0.15) is 0 Å². The molecule has 0 spiro atoms. The molecule has 3 nitrogen and oxygen atoms in total. The number of hydrogen-bond donors (Lipinski definition) is 1. The van der Waals surface area contributed by atoms with Crippen molar-refractivity contribution in [1.29, 1.82) is 0 Å². The summed E-state index contributed by atoms with van der Waals surface area (Å²) in [6.07, 6.45) is 1.40. The van der Waals surface area contributed by atoms with Gasteiger partial charge in [-0.3, -0.25) is 9.78 Å². The third-order valence-corrected chi connectivity index (χ3v) is 3.61. The van der Waals surface area contributed by atoms with Crippen molar-refractivity contribution in [2.75, 3.05) is 0 Å². The van der Waals surface area contributed by atoms with Crippen LogP contribution in [0.15, 0.2) is 22.8 Å². The van der Waals surface area contributed by atoms with Crippen LogP contribution in [0.4, 0.5) is 0 Å². The van der Waals surface area contributed by atoms with Gasteiger partial charge in [0, 0.05) is 16.1 Å². The predicted molar refractivity (Wildman–Crippen MR) is 67.7 cm³/mol. The van der Waals surface area contributed by atoms with E-state index in [9.17, 15) is 4.79 Å². The molecule has 0 atom stereocenters. The number of fused-ring (bicyclic) bond motifs is 1. The lowest BCUT2D eigenvalue weighted by Gasteiger charge is -2.06. The van der Waals surface area contributed by atoms with Crippen LogP contribution in [0.2, 0.25) is 5.02 Å². The number of aryl methyl sites for hydroxylation is 1. The number of hydrogen-bond acceptors (Lipinski definition) is 2. The molecule has 0 aliphatic heterocycles. The molecule has 0 bridgehead atoms. The standard InChI is InChI=1S/C11H8BrClN2O/c1-5-2-6-9(3-8(5)12)15-4-7(10(6)13)11(14)16/h2-4H,1H3,(H2,14,16). The molecule has 82 valence electrons. The normalized spacial score (nSPS) is 10.7. The summed E-state index contributed by atoms with van der Waals surface area (Å²) >= 11 is 9.52. The first-order chi connectivity index (χ1) is 7.50. The van der Waals surface area contributed by atoms with Crippen molar-refractivity contribution in [3.05, 3.63) is 39.0 Å². The molecule has 0 radical (unpaired) electrons. The van der Waals surface area contributed by atoms with E-state index in [0.717, 1.165) is 20.9 Å². The smallest absolute Gasteiger partial charge is 0.251 e. The fraction of sp³-hybridized carbons (Fsp3) is 0.0909. The second-order valence-electron chi connectivity index (χ2n) is 3.47. The SMILES string of the molecule is Cc1cc2c(Cl)c(C(N)=O)cnc2cc1Br. The molecule has 1 heterocycles. The van der Waals surface area contributed by atoms with Gasteiger partial charge < -0.3 is 5.73 Å². The van der Waals surface area contributed by atoms with Crippen LogP contribution < -0.4 is 5.73 Å². The molecule has 0 aliphatic carbocycles. The van der Waals surface area contributed by atoms with Gasteiger partial charge in [0.2, 0.25) is 0 Å². The first-order valence-electron chi connectivity index (χ1n) is 4.55. The van der Waals surface area contributed by atoms with Crippen LogP contribution in [0.25, 0.3) is 10.9 Å². The van der Waals surface area contributed by atoms with E-state index in [4.69, 9.17) is 17.3 Å². The van der Waals surface area contributed by atoms with Crippen LogP contribution in [-0.2, 0) is 0 Å². The van der Waals surface area contributed by atoms with Crippen molar-refractivity contribution in [3.63, 3.8) is 0 Å². The van der Waals surface area contributed by atoms with E-state index in [1.54, 1.807) is 0 Å². The first-order valence-corrected chi connectivity index (χ1v) is 5.72. The molecule has 5 heteroatoms. The summed E-state index contributed by atoms with van der Waals surface area (Å²) in [7, 11) is 0. The molecule has 0 saturated carbocycles. The minimum Gasteiger partial charge on any atom is -0.366 e. The molecule has 2 N–H and O–H groups in total. The van der Waals surface area contributed by atoms with Crippen LogP contribution >= 0.6 is 27.5 Å². The number of carbonyl (C=O) groups excluding carboxylic acids is 1. The average molecular weight is 300 g/mol. The number of primary amides is 1. The minimum atomic E-state index is -0.569. The molecule has 1 amide bonds. The van der Waals surface area contributed by atoms with Gasteiger partial charge in [0.25, 0.3) is 5.91 Å². The van der Waals surface area contributed by atoms with Crippen molar-refractivity contribution in [1.82, 2.24) is 4.98 Å². The summed E-state index contributed by atoms with van der Waals surface area (Å²) in [6, 6.07) is 3.74. The van der Waals surface area contributed by atoms with E-state index in [1.807, 2.05) is 19.1 Å². The number of benzene rings is 1. The van der Waals surface area contributed by atoms with Crippen LogP contribution in [0, 0.1) is 6.92 Å². The first kappa shape index (κ1) is 11.4. The summed E-state index contributed by atoms with van der Waals surface area (Å²) in [5.41, 5.74) is 7.20. The van der Waals surface area contributed by atoms with Crippen molar-refractivity contribution >= 4 is 44.3 Å². The van der Waals surface area contributed by atoms with Gasteiger partial charge in [-0.15, -0.1) is 0 Å². The van der Waals surface area contributed by atoms with Crippen molar-refractivity contribution in [3.8, 4) is 0 Å². The Morgan fingerprint density at radius 3 is 2.81 bits per heavy atom. The second-order valence-corrected chi connectivity index (χ2v) is 4.70. The molecule has 2 rings (SSSR count). The Morgan fingerprint density at radius 2 is 2.19 bits per heavy atom. The number of aromatic nitrogens is 1. The van der Waals surface area contributed by atoms with Crippen LogP contribution in [0.1, 0.15) is 15.9 Å². The lowest BCUT2D eigenvalue weighted by Crippen LogP contribution is -2.12. The highest BCUT2D eigenvalue weighted by molar-refractivity contribution is 9.10. The molecule has 0 fully saturated rings. The van der Waals surface area contributed by atoms with Crippen molar-refractivity contribution in [2.24, 2.45) is 5.73 Å². The third kappa shape index (κ3) is 1.79. The monoisotopic (exact) mass is 298 g/mol. The number of pyridine rings is 1. The van der Waals surface area contributed by atoms with E-state index in [0.29, 0.717) is 5.02 Å². The Labute approximate surface area is 106 Å². The Bertz CT molecular complexity index is 598. The van der Waals surface area contributed by atoms with Gasteiger partial charge in [-0.25, -0.2) is 0 Å². The molecule has 2 aromatic rings. The Hall–Kier alpha value is -1.13. The Kier molecular flexibility index (Phi) is 2.86. The van der Waals surface area contributed by atoms with Gasteiger partial charge in [-0.05, 0) is 24.6 Å². The van der Waals surface area contributed by atoms with Gasteiger partial charge in [-0.1, -0.05) is 27.5 Å². The predicted octanol–water partition coefficient (Wildman–Crippen LogP) is 3.06. The van der Waals surface area contributed by atoms with E-state index in [1.165, 1.54) is 6.20 Å². The van der Waals surface area contributed by atoms with E-state index in [-0.39, 0.29) is 5.56 Å². The molecule has 0 aliphatic rings. The minimum absolute atomic E-state index is 0.246. The van der Waals surface area contributed by atoms with Gasteiger partial charge in [0.05, 0.1) is 16.1 Å². The molecule has 1 aromatic carbocycles. The summed E-state index contributed by atoms with van der Waals surface area (Å²) in [6.45, 7) is 1.94. The Morgan fingerprint density at radius 1 is 1.50 bits per heavy atom. The van der Waals surface area contributed by atoms with Gasteiger partial charge in [0.15, 0.2) is 0 Å². The number of nitrogens with two attached hydrogens (primary N) is 1. The quantitative estimate of drug-likeness (QED) is 0.880. The fourth-order valence-electron chi connectivity index (χ4n) is 1.46. The number of amides is 1. The lowest BCUT2D eigenvalue weighted by molar-refractivity contribution is 0.100. The van der Waals surface area contributed by atoms with Crippen LogP contribution in [-0.4, -0.2) is 10.9 Å². The average Bonchev–Trinajstić information content (AvgIpc) is 2.21. The lowest BCUT2D eigenvalue weighted by atomic mass is 10.1. The molecular weight excluding hydrogens is 291 g/mol.